The van der Waals surface area contributed by atoms with Crippen LogP contribution in [0.1, 0.15) is 47.0 Å². The van der Waals surface area contributed by atoms with Gasteiger partial charge in [-0.3, -0.25) is 14.7 Å². The van der Waals surface area contributed by atoms with Crippen LogP contribution in [0.15, 0.2) is 83.9 Å². The molecule has 2 aromatic carbocycles. The highest BCUT2D eigenvalue weighted by molar-refractivity contribution is 5.82. The predicted octanol–water partition coefficient (Wildman–Crippen LogP) is 4.19. The molecule has 6 rings (SSSR count). The number of hydrogen-bond acceptors (Lipinski definition) is 7. The summed E-state index contributed by atoms with van der Waals surface area (Å²) in [6, 6.07) is 21.7. The Morgan fingerprint density at radius 2 is 1.92 bits per heavy atom. The molecule has 1 aliphatic rings. The van der Waals surface area contributed by atoms with Crippen molar-refractivity contribution in [1.82, 2.24) is 35.1 Å². The topological polar surface area (TPSA) is 102 Å². The minimum atomic E-state index is -0.518. The number of benzene rings is 2. The standard InChI is InChI=1S/C30H31N7O2/c1-21-8-5-12-24-16-26(30(38)32-27(21)24)28(29-33-34-35-37(29)20-25-13-7-15-39-25)36(18-22-9-3-2-4-10-22)19-23-11-6-14-31-17-23/h2-6,8-12,14,16-17,25,28H,7,13,15,18-20H2,1H3,(H,32,38)/t25-,28-/m0/s1. The van der Waals surface area contributed by atoms with Crippen LogP contribution < -0.4 is 5.56 Å². The Morgan fingerprint density at radius 3 is 2.72 bits per heavy atom. The van der Waals surface area contributed by atoms with Gasteiger partial charge in [0.25, 0.3) is 5.56 Å². The molecular weight excluding hydrogens is 490 g/mol. The summed E-state index contributed by atoms with van der Waals surface area (Å²) in [7, 11) is 0. The van der Waals surface area contributed by atoms with Gasteiger partial charge in [-0.1, -0.05) is 54.6 Å². The first-order chi connectivity index (χ1) is 19.2. The van der Waals surface area contributed by atoms with Gasteiger partial charge in [0.15, 0.2) is 5.82 Å². The number of nitrogens with one attached hydrogen (secondary N) is 1. The average Bonchev–Trinajstić information content (AvgIpc) is 3.64. The van der Waals surface area contributed by atoms with Crippen LogP contribution in [0.5, 0.6) is 0 Å². The van der Waals surface area contributed by atoms with E-state index in [0.29, 0.717) is 31.0 Å². The molecule has 1 fully saturated rings. The number of fused-ring (bicyclic) bond motifs is 1. The Labute approximate surface area is 226 Å². The first-order valence-corrected chi connectivity index (χ1v) is 13.3. The van der Waals surface area contributed by atoms with Crippen molar-refractivity contribution in [2.24, 2.45) is 0 Å². The summed E-state index contributed by atoms with van der Waals surface area (Å²) < 4.78 is 7.71. The van der Waals surface area contributed by atoms with Crippen molar-refractivity contribution in [3.8, 4) is 0 Å². The number of aromatic amines is 1. The van der Waals surface area contributed by atoms with Crippen molar-refractivity contribution in [3.63, 3.8) is 0 Å². The number of para-hydroxylation sites is 1. The lowest BCUT2D eigenvalue weighted by Gasteiger charge is -2.31. The molecule has 2 atom stereocenters. The van der Waals surface area contributed by atoms with Gasteiger partial charge >= 0.3 is 0 Å². The molecule has 4 heterocycles. The van der Waals surface area contributed by atoms with Crippen LogP contribution in [0, 0.1) is 6.92 Å². The maximum atomic E-state index is 13.8. The number of nitrogens with zero attached hydrogens (tertiary/aromatic N) is 6. The van der Waals surface area contributed by atoms with Crippen LogP contribution in [0.4, 0.5) is 0 Å². The molecular formula is C30H31N7O2. The fourth-order valence-corrected chi connectivity index (χ4v) is 5.40. The Balaban J connectivity index is 1.51. The molecule has 1 aliphatic heterocycles. The van der Waals surface area contributed by atoms with Crippen LogP contribution in [0.25, 0.3) is 10.9 Å². The monoisotopic (exact) mass is 521 g/mol. The van der Waals surface area contributed by atoms with Gasteiger partial charge < -0.3 is 9.72 Å². The van der Waals surface area contributed by atoms with Gasteiger partial charge in [0, 0.05) is 37.7 Å². The van der Waals surface area contributed by atoms with Gasteiger partial charge in [-0.2, -0.15) is 0 Å². The lowest BCUT2D eigenvalue weighted by molar-refractivity contribution is 0.0903. The van der Waals surface area contributed by atoms with Crippen LogP contribution in [0.3, 0.4) is 0 Å². The number of pyridine rings is 2. The molecule has 0 bridgehead atoms. The van der Waals surface area contributed by atoms with Gasteiger partial charge in [0.05, 0.1) is 18.2 Å². The lowest BCUT2D eigenvalue weighted by atomic mass is 10.0. The van der Waals surface area contributed by atoms with Crippen LogP contribution in [-0.2, 0) is 24.4 Å². The van der Waals surface area contributed by atoms with E-state index < -0.39 is 6.04 Å². The second-order valence-corrected chi connectivity index (χ2v) is 10.1. The third-order valence-corrected chi connectivity index (χ3v) is 7.32. The number of H-pyrrole nitrogens is 1. The smallest absolute Gasteiger partial charge is 0.253 e. The van der Waals surface area contributed by atoms with Crippen molar-refractivity contribution in [2.45, 2.75) is 51.5 Å². The summed E-state index contributed by atoms with van der Waals surface area (Å²) in [4.78, 5) is 23.5. The van der Waals surface area contributed by atoms with Gasteiger partial charge in [-0.15, -0.1) is 5.10 Å². The van der Waals surface area contributed by atoms with E-state index >= 15 is 0 Å². The number of hydrogen-bond donors (Lipinski definition) is 1. The molecule has 1 saturated heterocycles. The van der Waals surface area contributed by atoms with Crippen LogP contribution in [-0.4, -0.2) is 47.8 Å². The molecule has 0 spiro atoms. The highest BCUT2D eigenvalue weighted by atomic mass is 16.5. The fraction of sp³-hybridized carbons (Fsp3) is 0.300. The fourth-order valence-electron chi connectivity index (χ4n) is 5.40. The van der Waals surface area contributed by atoms with Gasteiger partial charge in [0.2, 0.25) is 0 Å². The molecule has 5 aromatic rings. The minimum Gasteiger partial charge on any atom is -0.376 e. The zero-order valence-electron chi connectivity index (χ0n) is 21.9. The average molecular weight is 522 g/mol. The molecule has 9 heteroatoms. The van der Waals surface area contributed by atoms with Crippen molar-refractivity contribution < 1.29 is 4.74 Å². The highest BCUT2D eigenvalue weighted by Gasteiger charge is 2.32. The van der Waals surface area contributed by atoms with E-state index in [1.54, 1.807) is 6.20 Å². The van der Waals surface area contributed by atoms with Crippen LogP contribution in [0.2, 0.25) is 0 Å². The zero-order valence-corrected chi connectivity index (χ0v) is 21.9. The molecule has 9 nitrogen and oxygen atoms in total. The molecule has 1 N–H and O–H groups in total. The normalized spacial score (nSPS) is 16.2. The lowest BCUT2D eigenvalue weighted by Crippen LogP contribution is -2.35. The van der Waals surface area contributed by atoms with Crippen molar-refractivity contribution in [1.29, 1.82) is 0 Å². The van der Waals surface area contributed by atoms with E-state index in [9.17, 15) is 4.79 Å². The van der Waals surface area contributed by atoms with Crippen molar-refractivity contribution >= 4 is 10.9 Å². The Bertz CT molecular complexity index is 1550. The van der Waals surface area contributed by atoms with Gasteiger partial charge in [-0.05, 0) is 64.4 Å². The minimum absolute atomic E-state index is 0.0475. The summed E-state index contributed by atoms with van der Waals surface area (Å²) in [6.07, 6.45) is 5.66. The predicted molar refractivity (Wildman–Crippen MR) is 148 cm³/mol. The number of aromatic nitrogens is 6. The summed E-state index contributed by atoms with van der Waals surface area (Å²) in [6.45, 7) is 4.41. The van der Waals surface area contributed by atoms with E-state index in [1.165, 1.54) is 0 Å². The van der Waals surface area contributed by atoms with E-state index in [0.717, 1.165) is 47.0 Å². The summed E-state index contributed by atoms with van der Waals surface area (Å²) >= 11 is 0. The molecule has 0 unspecified atom stereocenters. The third-order valence-electron chi connectivity index (χ3n) is 7.32. The van der Waals surface area contributed by atoms with E-state index in [4.69, 9.17) is 4.74 Å². The summed E-state index contributed by atoms with van der Waals surface area (Å²) in [5, 5.41) is 13.9. The van der Waals surface area contributed by atoms with E-state index in [-0.39, 0.29) is 11.7 Å². The van der Waals surface area contributed by atoms with Gasteiger partial charge in [-0.25, -0.2) is 4.68 Å². The highest BCUT2D eigenvalue weighted by Crippen LogP contribution is 2.31. The first kappa shape index (κ1) is 25.1. The number of rotatable bonds is 9. The van der Waals surface area contributed by atoms with Gasteiger partial charge in [0.1, 0.15) is 6.04 Å². The Kier molecular flexibility index (Phi) is 7.25. The maximum Gasteiger partial charge on any atom is 0.253 e. The maximum absolute atomic E-state index is 13.8. The third kappa shape index (κ3) is 5.50. The molecule has 0 amide bonds. The number of tetrazole rings is 1. The summed E-state index contributed by atoms with van der Waals surface area (Å²) in [5.74, 6) is 0.614. The molecule has 198 valence electrons. The molecule has 0 aliphatic carbocycles. The first-order valence-electron chi connectivity index (χ1n) is 13.3. The van der Waals surface area contributed by atoms with Crippen molar-refractivity contribution in [3.05, 3.63) is 118 Å². The second-order valence-electron chi connectivity index (χ2n) is 10.1. The Morgan fingerprint density at radius 1 is 1.08 bits per heavy atom. The number of ether oxygens (including phenoxy) is 1. The molecule has 0 radical (unpaired) electrons. The number of aryl methyl sites for hydroxylation is 1. The second kappa shape index (κ2) is 11.3. The van der Waals surface area contributed by atoms with E-state index in [1.807, 2.05) is 72.4 Å². The quantitative estimate of drug-likeness (QED) is 0.310. The zero-order chi connectivity index (χ0) is 26.6. The van der Waals surface area contributed by atoms with Crippen molar-refractivity contribution in [2.75, 3.05) is 6.61 Å². The molecule has 0 saturated carbocycles. The Hall–Kier alpha value is -4.21. The largest absolute Gasteiger partial charge is 0.376 e. The van der Waals surface area contributed by atoms with Crippen LogP contribution >= 0.6 is 0 Å². The van der Waals surface area contributed by atoms with E-state index in [2.05, 4.69) is 42.5 Å². The summed E-state index contributed by atoms with van der Waals surface area (Å²) in [5.41, 5.74) is 4.45. The molecule has 3 aromatic heterocycles. The SMILES string of the molecule is Cc1cccc2cc([C@@H](c3nnnn3C[C@@H]3CCCO3)N(Cc3ccccc3)Cc3cccnc3)c(=O)[nH]c12. The molecule has 39 heavy (non-hydrogen) atoms.